The van der Waals surface area contributed by atoms with E-state index in [1.54, 1.807) is 12.1 Å². The molecule has 0 amide bonds. The van der Waals surface area contributed by atoms with Crippen LogP contribution in [0.1, 0.15) is 45.4 Å². The van der Waals surface area contributed by atoms with Crippen LogP contribution in [-0.2, 0) is 20.0 Å². The molecule has 0 spiro atoms. The molecule has 140 valence electrons. The van der Waals surface area contributed by atoms with Gasteiger partial charge in [-0.05, 0) is 55.9 Å². The van der Waals surface area contributed by atoms with E-state index >= 15 is 0 Å². The van der Waals surface area contributed by atoms with Crippen molar-refractivity contribution in [2.75, 3.05) is 16.6 Å². The first-order valence-electron chi connectivity index (χ1n) is 8.92. The average Bonchev–Trinajstić information content (AvgIpc) is 2.57. The summed E-state index contributed by atoms with van der Waals surface area (Å²) in [5, 5.41) is 0. The Labute approximate surface area is 150 Å². The van der Waals surface area contributed by atoms with Gasteiger partial charge in [-0.2, -0.15) is 0 Å². The van der Waals surface area contributed by atoms with Crippen LogP contribution >= 0.6 is 0 Å². The Bertz CT molecular complexity index is 804. The maximum Gasteiger partial charge on any atom is 0.240 e. The van der Waals surface area contributed by atoms with Gasteiger partial charge in [0.25, 0.3) is 0 Å². The van der Waals surface area contributed by atoms with Gasteiger partial charge in [0.2, 0.25) is 20.0 Å². The molecular formula is C17H26N2O4S2. The van der Waals surface area contributed by atoms with E-state index in [9.17, 15) is 16.8 Å². The highest BCUT2D eigenvalue weighted by Crippen LogP contribution is 2.27. The first-order chi connectivity index (χ1) is 11.8. The van der Waals surface area contributed by atoms with Crippen LogP contribution in [0.25, 0.3) is 0 Å². The van der Waals surface area contributed by atoms with E-state index in [2.05, 4.69) is 11.6 Å². The fourth-order valence-corrected chi connectivity index (χ4v) is 6.65. The Balaban J connectivity index is 1.77. The van der Waals surface area contributed by atoms with Crippen LogP contribution in [0.15, 0.2) is 29.2 Å². The average molecular weight is 387 g/mol. The van der Waals surface area contributed by atoms with Gasteiger partial charge in [0.05, 0.1) is 16.3 Å². The minimum absolute atomic E-state index is 0.0269. The molecule has 3 rings (SSSR count). The molecule has 2 aliphatic rings. The summed E-state index contributed by atoms with van der Waals surface area (Å²) in [6.45, 7) is 2.53. The van der Waals surface area contributed by atoms with Crippen molar-refractivity contribution in [2.45, 2.75) is 56.4 Å². The van der Waals surface area contributed by atoms with Crippen LogP contribution in [-0.4, -0.2) is 35.2 Å². The maximum absolute atomic E-state index is 12.6. The summed E-state index contributed by atoms with van der Waals surface area (Å²) in [5.74, 6) is 0.482. The van der Waals surface area contributed by atoms with E-state index in [0.717, 1.165) is 32.1 Å². The lowest BCUT2D eigenvalue weighted by Gasteiger charge is -2.29. The largest absolute Gasteiger partial charge is 0.270 e. The second-order valence-corrected chi connectivity index (χ2v) is 10.8. The summed E-state index contributed by atoms with van der Waals surface area (Å²) < 4.78 is 53.7. The zero-order valence-corrected chi connectivity index (χ0v) is 16.2. The first-order valence-corrected chi connectivity index (χ1v) is 12.0. The SMILES string of the molecule is C[C@H]1CCCC[C@H]1NS(=O)(=O)c1ccc(N2CCCCS2(=O)=O)cc1. The van der Waals surface area contributed by atoms with Gasteiger partial charge in [-0.1, -0.05) is 19.8 Å². The van der Waals surface area contributed by atoms with Crippen molar-refractivity contribution in [2.24, 2.45) is 5.92 Å². The molecule has 2 atom stereocenters. The van der Waals surface area contributed by atoms with Crippen LogP contribution < -0.4 is 9.03 Å². The monoisotopic (exact) mass is 386 g/mol. The Hall–Kier alpha value is -1.12. The van der Waals surface area contributed by atoms with Crippen molar-refractivity contribution in [1.82, 2.24) is 4.72 Å². The summed E-state index contributed by atoms with van der Waals surface area (Å²) >= 11 is 0. The molecule has 1 saturated heterocycles. The normalized spacial score (nSPS) is 27.2. The molecule has 1 saturated carbocycles. The molecular weight excluding hydrogens is 360 g/mol. The van der Waals surface area contributed by atoms with E-state index in [1.807, 2.05) is 0 Å². The molecule has 1 aromatic rings. The highest BCUT2D eigenvalue weighted by molar-refractivity contribution is 7.92. The number of sulfonamides is 2. The molecule has 0 bridgehead atoms. The lowest BCUT2D eigenvalue weighted by molar-refractivity contribution is 0.310. The molecule has 1 aromatic carbocycles. The number of nitrogens with zero attached hydrogens (tertiary/aromatic N) is 1. The van der Waals surface area contributed by atoms with Crippen molar-refractivity contribution in [3.63, 3.8) is 0 Å². The number of rotatable bonds is 4. The van der Waals surface area contributed by atoms with Crippen molar-refractivity contribution in [1.29, 1.82) is 0 Å². The van der Waals surface area contributed by atoms with E-state index < -0.39 is 20.0 Å². The fourth-order valence-electron chi connectivity index (χ4n) is 3.63. The van der Waals surface area contributed by atoms with Gasteiger partial charge in [-0.3, -0.25) is 4.31 Å². The summed E-state index contributed by atoms with van der Waals surface area (Å²) in [6.07, 6.45) is 5.60. The third kappa shape index (κ3) is 4.17. The van der Waals surface area contributed by atoms with Crippen LogP contribution in [0.2, 0.25) is 0 Å². The number of hydrogen-bond acceptors (Lipinski definition) is 4. The number of nitrogens with one attached hydrogen (secondary N) is 1. The molecule has 0 aromatic heterocycles. The third-order valence-electron chi connectivity index (χ3n) is 5.20. The summed E-state index contributed by atoms with van der Waals surface area (Å²) in [6, 6.07) is 6.13. The van der Waals surface area contributed by atoms with Crippen LogP contribution in [0.3, 0.4) is 0 Å². The number of anilines is 1. The predicted molar refractivity (Wildman–Crippen MR) is 98.6 cm³/mol. The standard InChI is InChI=1S/C17H26N2O4S2/c1-14-6-2-3-7-17(14)18-25(22,23)16-10-8-15(9-11-16)19-12-4-5-13-24(19,20)21/h8-11,14,17-18H,2-7,12-13H2,1H3/t14-,17+/m0/s1. The third-order valence-corrected chi connectivity index (χ3v) is 8.58. The first kappa shape index (κ1) is 18.7. The Kier molecular flexibility index (Phi) is 5.41. The smallest absolute Gasteiger partial charge is 0.240 e. The zero-order valence-electron chi connectivity index (χ0n) is 14.5. The van der Waals surface area contributed by atoms with E-state index in [1.165, 1.54) is 16.4 Å². The summed E-state index contributed by atoms with van der Waals surface area (Å²) in [7, 11) is -6.87. The van der Waals surface area contributed by atoms with Gasteiger partial charge in [0.1, 0.15) is 0 Å². The minimum atomic E-state index is -3.59. The molecule has 2 fully saturated rings. The second kappa shape index (κ2) is 7.25. The molecule has 1 aliphatic heterocycles. The topological polar surface area (TPSA) is 83.6 Å². The van der Waals surface area contributed by atoms with Gasteiger partial charge in [0.15, 0.2) is 0 Å². The van der Waals surface area contributed by atoms with Gasteiger partial charge >= 0.3 is 0 Å². The molecule has 1 heterocycles. The van der Waals surface area contributed by atoms with Crippen molar-refractivity contribution in [3.05, 3.63) is 24.3 Å². The highest BCUT2D eigenvalue weighted by Gasteiger charge is 2.28. The van der Waals surface area contributed by atoms with E-state index in [-0.39, 0.29) is 16.7 Å². The van der Waals surface area contributed by atoms with Gasteiger partial charge in [-0.25, -0.2) is 21.6 Å². The quantitative estimate of drug-likeness (QED) is 0.862. The second-order valence-electron chi connectivity index (χ2n) is 7.08. The van der Waals surface area contributed by atoms with Crippen LogP contribution in [0, 0.1) is 5.92 Å². The van der Waals surface area contributed by atoms with Gasteiger partial charge in [-0.15, -0.1) is 0 Å². The molecule has 25 heavy (non-hydrogen) atoms. The molecule has 1 N–H and O–H groups in total. The maximum atomic E-state index is 12.6. The van der Waals surface area contributed by atoms with Crippen LogP contribution in [0.5, 0.6) is 0 Å². The summed E-state index contributed by atoms with van der Waals surface area (Å²) in [4.78, 5) is 0.184. The molecule has 0 radical (unpaired) electrons. The van der Waals surface area contributed by atoms with E-state index in [0.29, 0.717) is 24.6 Å². The molecule has 1 aliphatic carbocycles. The summed E-state index contributed by atoms with van der Waals surface area (Å²) in [5.41, 5.74) is 0.532. The van der Waals surface area contributed by atoms with Crippen LogP contribution in [0.4, 0.5) is 5.69 Å². The minimum Gasteiger partial charge on any atom is -0.270 e. The predicted octanol–water partition coefficient (Wildman–Crippen LogP) is 2.47. The molecule has 0 unspecified atom stereocenters. The molecule has 6 nitrogen and oxygen atoms in total. The van der Waals surface area contributed by atoms with Gasteiger partial charge < -0.3 is 0 Å². The number of hydrogen-bond donors (Lipinski definition) is 1. The van der Waals surface area contributed by atoms with Crippen molar-refractivity contribution >= 4 is 25.7 Å². The Morgan fingerprint density at radius 3 is 2.36 bits per heavy atom. The highest BCUT2D eigenvalue weighted by atomic mass is 32.2. The Morgan fingerprint density at radius 2 is 1.72 bits per heavy atom. The fraction of sp³-hybridized carbons (Fsp3) is 0.647. The Morgan fingerprint density at radius 1 is 1.04 bits per heavy atom. The van der Waals surface area contributed by atoms with Crippen molar-refractivity contribution < 1.29 is 16.8 Å². The van der Waals surface area contributed by atoms with Crippen molar-refractivity contribution in [3.8, 4) is 0 Å². The lowest BCUT2D eigenvalue weighted by atomic mass is 9.87. The van der Waals surface area contributed by atoms with E-state index in [4.69, 9.17) is 0 Å². The number of benzene rings is 1. The zero-order chi connectivity index (χ0) is 18.1. The molecule has 8 heteroatoms. The lowest BCUT2D eigenvalue weighted by Crippen LogP contribution is -2.41. The van der Waals surface area contributed by atoms with Gasteiger partial charge in [0, 0.05) is 12.6 Å².